The number of hydrogen-bond donors (Lipinski definition) is 0. The van der Waals surface area contributed by atoms with Crippen LogP contribution in [0.1, 0.15) is 182 Å². The van der Waals surface area contributed by atoms with E-state index in [0.717, 1.165) is 0 Å². The molecule has 0 N–H and O–H groups in total. The van der Waals surface area contributed by atoms with Crippen LogP contribution < -0.4 is 9.80 Å². The molecule has 0 aliphatic carbocycles. The van der Waals surface area contributed by atoms with Gasteiger partial charge in [-0.05, 0) is 0 Å². The predicted octanol–water partition coefficient (Wildman–Crippen LogP) is 14.1. The monoisotopic (exact) mass is 711 g/mol. The van der Waals surface area contributed by atoms with Gasteiger partial charge < -0.3 is 0 Å². The molecule has 266 valence electrons. The molecule has 1 aromatic heterocycles. The Labute approximate surface area is 298 Å². The van der Waals surface area contributed by atoms with Crippen molar-refractivity contribution in [1.29, 1.82) is 0 Å². The summed E-state index contributed by atoms with van der Waals surface area (Å²) in [5, 5.41) is 3.21. The Morgan fingerprint density at radius 3 is 0.936 bits per heavy atom. The van der Waals surface area contributed by atoms with Crippen LogP contribution in [0.25, 0.3) is 19.3 Å². The molecular weight excluding hydrogens is 635 g/mol. The summed E-state index contributed by atoms with van der Waals surface area (Å²) in [7, 11) is 0. The molecule has 2 nitrogen and oxygen atoms in total. The Balaban J connectivity index is 1.89. The summed E-state index contributed by atoms with van der Waals surface area (Å²) < 4.78 is 3.24. The molecular formula is C44H74N2Se. The molecule has 0 saturated carbocycles. The molecule has 3 heteroatoms. The molecule has 0 atom stereocenters. The summed E-state index contributed by atoms with van der Waals surface area (Å²) in [6.45, 7) is 14.1. The van der Waals surface area contributed by atoms with E-state index in [9.17, 15) is 0 Å². The zero-order valence-electron chi connectivity index (χ0n) is 31.6. The zero-order chi connectivity index (χ0) is 33.4. The van der Waals surface area contributed by atoms with Gasteiger partial charge in [0.1, 0.15) is 0 Å². The minimum atomic E-state index is 0.397. The van der Waals surface area contributed by atoms with Crippen LogP contribution in [0.3, 0.4) is 0 Å². The van der Waals surface area contributed by atoms with E-state index in [-0.39, 0.29) is 0 Å². The average Bonchev–Trinajstić information content (AvgIpc) is 3.48. The molecule has 0 aliphatic rings. The molecule has 3 aromatic rings. The number of benzene rings is 2. The van der Waals surface area contributed by atoms with Crippen LogP contribution in [0.2, 0.25) is 0 Å². The van der Waals surface area contributed by atoms with E-state index < -0.39 is 0 Å². The molecule has 0 unspecified atom stereocenters. The molecule has 0 radical (unpaired) electrons. The number of nitrogens with zero attached hydrogens (tertiary/aromatic N) is 2. The van der Waals surface area contributed by atoms with Crippen LogP contribution in [0.5, 0.6) is 0 Å². The van der Waals surface area contributed by atoms with Gasteiger partial charge in [-0.3, -0.25) is 0 Å². The van der Waals surface area contributed by atoms with E-state index in [2.05, 4.69) is 73.9 Å². The minimum absolute atomic E-state index is 0.397. The van der Waals surface area contributed by atoms with Crippen LogP contribution in [0.4, 0.5) is 11.4 Å². The van der Waals surface area contributed by atoms with Crippen molar-refractivity contribution in [3.05, 3.63) is 36.4 Å². The van der Waals surface area contributed by atoms with Crippen LogP contribution in [-0.2, 0) is 0 Å². The van der Waals surface area contributed by atoms with E-state index in [0.29, 0.717) is 14.5 Å². The van der Waals surface area contributed by atoms with E-state index >= 15 is 0 Å². The molecule has 2 aromatic carbocycles. The molecule has 0 fully saturated rings. The molecule has 0 saturated heterocycles. The number of unbranched alkanes of at least 4 members (excludes halogenated alkanes) is 20. The Morgan fingerprint density at radius 2 is 0.638 bits per heavy atom. The summed E-state index contributed by atoms with van der Waals surface area (Å²) in [6.07, 6.45) is 32.9. The fraction of sp³-hybridized carbons (Fsp3) is 0.727. The van der Waals surface area contributed by atoms with E-state index in [1.807, 2.05) is 0 Å². The fourth-order valence-corrected chi connectivity index (χ4v) is 9.80. The van der Waals surface area contributed by atoms with Gasteiger partial charge in [0.2, 0.25) is 0 Å². The molecule has 0 bridgehead atoms. The summed E-state index contributed by atoms with van der Waals surface area (Å²) >= 11 is 0.397. The topological polar surface area (TPSA) is 6.48 Å². The van der Waals surface area contributed by atoms with Crippen LogP contribution >= 0.6 is 0 Å². The van der Waals surface area contributed by atoms with Crippen molar-refractivity contribution >= 4 is 45.2 Å². The Bertz CT molecular complexity index is 1060. The standard InChI is InChI=1S/C44H74N2Se/c1-5-9-13-17-21-25-35-45(36-26-22-18-14-10-6-2)39-31-29-33-41-43(39)44-40(32-30-34-42(44)47-41)46(37-27-23-19-15-11-7-3)38-28-24-20-16-12-8-4/h29-34H,5-28,35-38H2,1-4H3. The zero-order valence-corrected chi connectivity index (χ0v) is 33.3. The van der Waals surface area contributed by atoms with Gasteiger partial charge in [0, 0.05) is 0 Å². The van der Waals surface area contributed by atoms with E-state index in [1.54, 1.807) is 19.3 Å². The molecule has 0 aliphatic heterocycles. The van der Waals surface area contributed by atoms with Crippen molar-refractivity contribution in [3.63, 3.8) is 0 Å². The second kappa shape index (κ2) is 25.5. The van der Waals surface area contributed by atoms with Crippen molar-refractivity contribution in [2.75, 3.05) is 36.0 Å². The third kappa shape index (κ3) is 14.5. The maximum atomic E-state index is 2.83. The maximum absolute atomic E-state index is 2.83. The molecule has 0 spiro atoms. The number of anilines is 2. The molecule has 1 heterocycles. The van der Waals surface area contributed by atoms with Gasteiger partial charge in [0.15, 0.2) is 0 Å². The van der Waals surface area contributed by atoms with Crippen LogP contribution in [-0.4, -0.2) is 40.7 Å². The Kier molecular flexibility index (Phi) is 21.7. The number of rotatable bonds is 30. The first-order chi connectivity index (χ1) is 23.2. The van der Waals surface area contributed by atoms with Crippen LogP contribution in [0, 0.1) is 0 Å². The van der Waals surface area contributed by atoms with Crippen molar-refractivity contribution < 1.29 is 0 Å². The average molecular weight is 710 g/mol. The summed E-state index contributed by atoms with van der Waals surface area (Å²) in [5.74, 6) is 0. The van der Waals surface area contributed by atoms with Crippen molar-refractivity contribution in [3.8, 4) is 0 Å². The van der Waals surface area contributed by atoms with E-state index in [4.69, 9.17) is 0 Å². The van der Waals surface area contributed by atoms with Crippen LogP contribution in [0.15, 0.2) is 36.4 Å². The van der Waals surface area contributed by atoms with Gasteiger partial charge in [-0.2, -0.15) is 0 Å². The van der Waals surface area contributed by atoms with Crippen molar-refractivity contribution in [2.24, 2.45) is 0 Å². The third-order valence-electron chi connectivity index (χ3n) is 10.3. The Hall–Kier alpha value is -1.44. The number of hydrogen-bond acceptors (Lipinski definition) is 2. The van der Waals surface area contributed by atoms with Crippen molar-refractivity contribution in [1.82, 2.24) is 0 Å². The second-order valence-corrected chi connectivity index (χ2v) is 16.7. The molecule has 0 amide bonds. The fourth-order valence-electron chi connectivity index (χ4n) is 7.39. The third-order valence-corrected chi connectivity index (χ3v) is 12.6. The molecule has 47 heavy (non-hydrogen) atoms. The first kappa shape index (κ1) is 40.0. The van der Waals surface area contributed by atoms with E-state index in [1.165, 1.54) is 192 Å². The van der Waals surface area contributed by atoms with Gasteiger partial charge in [-0.1, -0.05) is 0 Å². The summed E-state index contributed by atoms with van der Waals surface area (Å²) in [5.41, 5.74) is 3.08. The first-order valence-electron chi connectivity index (χ1n) is 20.7. The predicted molar refractivity (Wildman–Crippen MR) is 216 cm³/mol. The van der Waals surface area contributed by atoms with Gasteiger partial charge in [-0.25, -0.2) is 0 Å². The SMILES string of the molecule is CCCCCCCCN(CCCCCCCC)c1cccc2[se]c3cccc(N(CCCCCCCC)CCCCCCCC)c3c12. The van der Waals surface area contributed by atoms with Gasteiger partial charge in [0.05, 0.1) is 0 Å². The quantitative estimate of drug-likeness (QED) is 0.0502. The van der Waals surface area contributed by atoms with Crippen molar-refractivity contribution in [2.45, 2.75) is 182 Å². The summed E-state index contributed by atoms with van der Waals surface area (Å²) in [4.78, 5) is 5.65. The van der Waals surface area contributed by atoms with Gasteiger partial charge in [0.25, 0.3) is 0 Å². The second-order valence-electron chi connectivity index (χ2n) is 14.4. The normalized spacial score (nSPS) is 11.7. The molecule has 3 rings (SSSR count). The number of fused-ring (bicyclic) bond motifs is 3. The summed E-state index contributed by atoms with van der Waals surface area (Å²) in [6, 6.07) is 14.6. The first-order valence-corrected chi connectivity index (χ1v) is 22.4. The van der Waals surface area contributed by atoms with Gasteiger partial charge in [-0.15, -0.1) is 0 Å². The Morgan fingerprint density at radius 1 is 0.362 bits per heavy atom. The van der Waals surface area contributed by atoms with Gasteiger partial charge >= 0.3 is 299 Å².